The number of fused-ring (bicyclic) bond motifs is 2. The van der Waals surface area contributed by atoms with Crippen molar-refractivity contribution in [1.29, 1.82) is 0 Å². The number of nitrogens with zero attached hydrogens (tertiary/aromatic N) is 1. The number of carbonyl (C=O) groups is 5. The van der Waals surface area contributed by atoms with Crippen LogP contribution in [-0.2, 0) is 19.2 Å². The Balaban J connectivity index is 0.00000784. The lowest BCUT2D eigenvalue weighted by atomic mass is 9.74. The standard InChI is InChI=1S/C41H53N5O7.CH4/c1-42-36(47)15-7-11-27(12-8-16-37(48)43-2)28-19-21-32-34(25-28)53-35-26-29(46(23-9-17-38(49)44-3)24-10-18-39(50)45-4)20-22-33(35)40(32)30-13-5-6-14-31(30)41(51)52;/h5-6,13-14,19-22,25-27,33,40H,7-12,15-18,23-24H2,1-4H3,(H4-,42,43,44,45,47,48,49,50,51,52);1H4/p+1. The van der Waals surface area contributed by atoms with Gasteiger partial charge in [0.1, 0.15) is 24.6 Å². The number of allylic oxidation sites excluding steroid dienone is 3. The van der Waals surface area contributed by atoms with E-state index >= 15 is 0 Å². The van der Waals surface area contributed by atoms with E-state index in [-0.39, 0.29) is 54.4 Å². The zero-order chi connectivity index (χ0) is 38.3. The van der Waals surface area contributed by atoms with Gasteiger partial charge >= 0.3 is 5.97 Å². The van der Waals surface area contributed by atoms with Gasteiger partial charge in [0.2, 0.25) is 29.3 Å². The van der Waals surface area contributed by atoms with Gasteiger partial charge in [-0.1, -0.05) is 43.8 Å². The van der Waals surface area contributed by atoms with Crippen LogP contribution in [0, 0.1) is 5.92 Å². The number of aromatic carboxylic acids is 1. The number of nitrogens with one attached hydrogen (secondary N) is 4. The molecule has 0 bridgehead atoms. The van der Waals surface area contributed by atoms with Gasteiger partial charge in [0.15, 0.2) is 0 Å². The van der Waals surface area contributed by atoms with Crippen LogP contribution in [0.15, 0.2) is 66.5 Å². The summed E-state index contributed by atoms with van der Waals surface area (Å²) in [5.74, 6) is -0.375. The van der Waals surface area contributed by atoms with Gasteiger partial charge in [-0.3, -0.25) is 19.2 Å². The maximum absolute atomic E-state index is 12.5. The SMILES string of the molecule is C.CNC(=O)CCCC(CCCC(=O)NC)c1ccc2c(c1)OC1=CC(=[N+](CCCC(=O)NC)CCCC(=O)NC)C=CC1C2c1ccccc1C(=O)O. The lowest BCUT2D eigenvalue weighted by Crippen LogP contribution is -2.31. The number of ether oxygens (including phenoxy) is 1. The van der Waals surface area contributed by atoms with Crippen molar-refractivity contribution in [2.75, 3.05) is 41.3 Å². The third-order valence-electron chi connectivity index (χ3n) is 10.1. The molecule has 1 heterocycles. The molecular weight excluding hydrogens is 686 g/mol. The number of benzene rings is 2. The van der Waals surface area contributed by atoms with Crippen LogP contribution < -0.4 is 26.0 Å². The Morgan fingerprint density at radius 1 is 0.741 bits per heavy atom. The number of carboxylic acid groups (broad SMARTS) is 1. The third-order valence-corrected chi connectivity index (χ3v) is 10.1. The van der Waals surface area contributed by atoms with E-state index in [1.807, 2.05) is 36.4 Å². The number of carbonyl (C=O) groups excluding carboxylic acids is 4. The zero-order valence-corrected chi connectivity index (χ0v) is 31.3. The second kappa shape index (κ2) is 21.4. The first-order chi connectivity index (χ1) is 25.6. The summed E-state index contributed by atoms with van der Waals surface area (Å²) < 4.78 is 8.92. The lowest BCUT2D eigenvalue weighted by molar-refractivity contribution is -0.527. The summed E-state index contributed by atoms with van der Waals surface area (Å²) in [7, 11) is 6.49. The van der Waals surface area contributed by atoms with Gasteiger partial charge in [-0.05, 0) is 54.9 Å². The van der Waals surface area contributed by atoms with E-state index in [0.717, 1.165) is 29.7 Å². The van der Waals surface area contributed by atoms with Crippen LogP contribution in [0.5, 0.6) is 5.75 Å². The van der Waals surface area contributed by atoms with Gasteiger partial charge in [-0.15, -0.1) is 0 Å². The minimum absolute atomic E-state index is 0. The van der Waals surface area contributed by atoms with E-state index in [2.05, 4.69) is 38.0 Å². The fourth-order valence-corrected chi connectivity index (χ4v) is 7.18. The second-order valence-corrected chi connectivity index (χ2v) is 13.5. The predicted molar refractivity (Wildman–Crippen MR) is 210 cm³/mol. The molecule has 12 nitrogen and oxygen atoms in total. The molecule has 292 valence electrons. The van der Waals surface area contributed by atoms with Crippen molar-refractivity contribution in [2.45, 2.75) is 83.5 Å². The number of hydrogen-bond acceptors (Lipinski definition) is 6. The highest BCUT2D eigenvalue weighted by molar-refractivity contribution is 6.02. The molecule has 0 aromatic heterocycles. The van der Waals surface area contributed by atoms with Gasteiger partial charge in [0.25, 0.3) is 0 Å². The Labute approximate surface area is 319 Å². The van der Waals surface area contributed by atoms with Crippen LogP contribution in [0.2, 0.25) is 0 Å². The molecule has 2 unspecified atom stereocenters. The van der Waals surface area contributed by atoms with Crippen molar-refractivity contribution in [3.63, 3.8) is 0 Å². The Hall–Kier alpha value is -5.26. The maximum Gasteiger partial charge on any atom is 0.335 e. The largest absolute Gasteiger partial charge is 0.478 e. The summed E-state index contributed by atoms with van der Waals surface area (Å²) >= 11 is 0. The molecule has 4 amide bonds. The summed E-state index contributed by atoms with van der Waals surface area (Å²) in [5.41, 5.74) is 3.70. The van der Waals surface area contributed by atoms with E-state index < -0.39 is 5.97 Å². The quantitative estimate of drug-likeness (QED) is 0.126. The molecule has 2 atom stereocenters. The summed E-state index contributed by atoms with van der Waals surface area (Å²) in [4.78, 5) is 60.7. The summed E-state index contributed by atoms with van der Waals surface area (Å²) in [6.45, 7) is 1.18. The van der Waals surface area contributed by atoms with Crippen molar-refractivity contribution >= 4 is 35.3 Å². The highest BCUT2D eigenvalue weighted by atomic mass is 16.5. The number of hydrogen-bond donors (Lipinski definition) is 5. The van der Waals surface area contributed by atoms with E-state index in [0.29, 0.717) is 81.5 Å². The zero-order valence-electron chi connectivity index (χ0n) is 31.3. The third kappa shape index (κ3) is 11.6. The molecule has 0 radical (unpaired) electrons. The van der Waals surface area contributed by atoms with Crippen LogP contribution in [-0.4, -0.2) is 86.3 Å². The van der Waals surface area contributed by atoms with E-state index in [1.54, 1.807) is 40.3 Å². The predicted octanol–water partition coefficient (Wildman–Crippen LogP) is 5.04. The normalized spacial score (nSPS) is 15.4. The molecule has 4 rings (SSSR count). The van der Waals surface area contributed by atoms with Crippen molar-refractivity contribution in [3.8, 4) is 5.75 Å². The highest BCUT2D eigenvalue weighted by Crippen LogP contribution is 2.49. The molecule has 54 heavy (non-hydrogen) atoms. The van der Waals surface area contributed by atoms with E-state index in [4.69, 9.17) is 4.74 Å². The van der Waals surface area contributed by atoms with Gasteiger partial charge in [0.05, 0.1) is 5.56 Å². The number of rotatable bonds is 19. The first kappa shape index (κ1) is 43.1. The minimum Gasteiger partial charge on any atom is -0.478 e. The molecule has 1 aliphatic carbocycles. The summed E-state index contributed by atoms with van der Waals surface area (Å²) in [6, 6.07) is 13.2. The maximum atomic E-state index is 12.5. The molecular formula is C42H58N5O7+. The first-order valence-corrected chi connectivity index (χ1v) is 18.6. The monoisotopic (exact) mass is 744 g/mol. The van der Waals surface area contributed by atoms with E-state index in [9.17, 15) is 29.1 Å². The minimum atomic E-state index is -1.01. The Kier molecular flexibility index (Phi) is 17.1. The lowest BCUT2D eigenvalue weighted by Gasteiger charge is -2.36. The topological polar surface area (TPSA) is 166 Å². The summed E-state index contributed by atoms with van der Waals surface area (Å²) in [6.07, 6.45) is 11.7. The molecule has 0 spiro atoms. The van der Waals surface area contributed by atoms with Crippen LogP contribution in [0.3, 0.4) is 0 Å². The second-order valence-electron chi connectivity index (χ2n) is 13.5. The van der Waals surface area contributed by atoms with Crippen molar-refractivity contribution < 1.29 is 38.4 Å². The number of carboxylic acids is 1. The average Bonchev–Trinajstić information content (AvgIpc) is 3.17. The van der Waals surface area contributed by atoms with Gasteiger partial charge in [-0.2, -0.15) is 0 Å². The molecule has 2 aromatic carbocycles. The molecule has 2 aromatic rings. The van der Waals surface area contributed by atoms with Crippen LogP contribution in [0.4, 0.5) is 0 Å². The molecule has 0 saturated carbocycles. The fraction of sp³-hybridized carbons (Fsp3) is 0.476. The Bertz CT molecular complexity index is 1700. The molecule has 0 saturated heterocycles. The van der Waals surface area contributed by atoms with Crippen molar-refractivity contribution in [3.05, 3.63) is 88.7 Å². The number of amides is 4. The molecule has 12 heteroatoms. The van der Waals surface area contributed by atoms with Crippen molar-refractivity contribution in [2.24, 2.45) is 5.92 Å². The van der Waals surface area contributed by atoms with Crippen LogP contribution in [0.1, 0.15) is 111 Å². The Morgan fingerprint density at radius 3 is 1.81 bits per heavy atom. The molecule has 0 fully saturated rings. The van der Waals surface area contributed by atoms with Crippen molar-refractivity contribution in [1.82, 2.24) is 21.3 Å². The van der Waals surface area contributed by atoms with Gasteiger partial charge in [-0.25, -0.2) is 9.37 Å². The van der Waals surface area contributed by atoms with Crippen LogP contribution in [0.25, 0.3) is 0 Å². The van der Waals surface area contributed by atoms with E-state index in [1.165, 1.54) is 0 Å². The smallest absolute Gasteiger partial charge is 0.335 e. The van der Waals surface area contributed by atoms with Gasteiger partial charge in [0, 0.05) is 96.3 Å². The molecule has 2 aliphatic rings. The van der Waals surface area contributed by atoms with Gasteiger partial charge < -0.3 is 31.1 Å². The first-order valence-electron chi connectivity index (χ1n) is 18.6. The highest BCUT2D eigenvalue weighted by Gasteiger charge is 2.39. The Morgan fingerprint density at radius 2 is 1.28 bits per heavy atom. The average molecular weight is 745 g/mol. The molecule has 5 N–H and O–H groups in total. The molecule has 1 aliphatic heterocycles. The summed E-state index contributed by atoms with van der Waals surface area (Å²) in [5, 5.41) is 21.0. The van der Waals surface area contributed by atoms with Crippen LogP contribution >= 0.6 is 0 Å². The fourth-order valence-electron chi connectivity index (χ4n) is 7.18.